The monoisotopic (exact) mass is 282 g/mol. The molecule has 0 fully saturated rings. The lowest BCUT2D eigenvalue weighted by molar-refractivity contribution is 0.377. The fourth-order valence-electron chi connectivity index (χ4n) is 2.48. The van der Waals surface area contributed by atoms with Gasteiger partial charge in [0.05, 0.1) is 0 Å². The first-order valence-electron chi connectivity index (χ1n) is 6.81. The number of hydrogen-bond acceptors (Lipinski definition) is 6. The zero-order chi connectivity index (χ0) is 14.2. The molecule has 0 aromatic carbocycles. The number of rotatable bonds is 3. The van der Waals surface area contributed by atoms with Gasteiger partial charge in [0.2, 0.25) is 17.7 Å². The van der Waals surface area contributed by atoms with Gasteiger partial charge in [-0.15, -0.1) is 0 Å². The lowest BCUT2D eigenvalue weighted by Crippen LogP contribution is -2.20. The number of aromatic nitrogens is 5. The van der Waals surface area contributed by atoms with Crippen LogP contribution in [0.1, 0.15) is 11.5 Å². The minimum absolute atomic E-state index is 0.524. The van der Waals surface area contributed by atoms with Crippen molar-refractivity contribution >= 4 is 5.95 Å². The van der Waals surface area contributed by atoms with E-state index >= 15 is 0 Å². The van der Waals surface area contributed by atoms with Crippen molar-refractivity contribution in [2.45, 2.75) is 20.0 Å². The summed E-state index contributed by atoms with van der Waals surface area (Å²) < 4.78 is 7.44. The summed E-state index contributed by atoms with van der Waals surface area (Å²) >= 11 is 0. The molecule has 0 spiro atoms. The molecule has 0 saturated heterocycles. The third-order valence-corrected chi connectivity index (χ3v) is 3.53. The van der Waals surface area contributed by atoms with E-state index in [1.807, 2.05) is 25.3 Å². The molecule has 3 aromatic heterocycles. The van der Waals surface area contributed by atoms with Gasteiger partial charge in [0, 0.05) is 31.7 Å². The van der Waals surface area contributed by atoms with E-state index in [0.29, 0.717) is 18.3 Å². The van der Waals surface area contributed by atoms with Crippen molar-refractivity contribution in [2.24, 2.45) is 0 Å². The van der Waals surface area contributed by atoms with Crippen molar-refractivity contribution in [3.05, 3.63) is 42.2 Å². The van der Waals surface area contributed by atoms with Crippen molar-refractivity contribution in [3.63, 3.8) is 0 Å². The molecule has 0 unspecified atom stereocenters. The summed E-state index contributed by atoms with van der Waals surface area (Å²) in [6, 6.07) is 3.88. The molecule has 1 aliphatic rings. The Morgan fingerprint density at radius 2 is 2.19 bits per heavy atom. The summed E-state index contributed by atoms with van der Waals surface area (Å²) in [5.74, 6) is 2.05. The average molecular weight is 282 g/mol. The highest BCUT2D eigenvalue weighted by atomic mass is 16.5. The smallest absolute Gasteiger partial charge is 0.246 e. The van der Waals surface area contributed by atoms with Crippen LogP contribution in [-0.2, 0) is 13.1 Å². The van der Waals surface area contributed by atoms with Crippen molar-refractivity contribution in [1.29, 1.82) is 0 Å². The molecule has 0 aliphatic carbocycles. The minimum Gasteiger partial charge on any atom is -0.337 e. The van der Waals surface area contributed by atoms with Crippen LogP contribution in [0.5, 0.6) is 0 Å². The van der Waals surface area contributed by atoms with Gasteiger partial charge in [0.15, 0.2) is 0 Å². The Bertz CT molecular complexity index is 777. The highest BCUT2D eigenvalue weighted by molar-refractivity contribution is 5.49. The van der Waals surface area contributed by atoms with E-state index in [1.54, 1.807) is 12.4 Å². The second-order valence-electron chi connectivity index (χ2n) is 5.07. The Labute approximate surface area is 121 Å². The molecule has 0 radical (unpaired) electrons. The second-order valence-corrected chi connectivity index (χ2v) is 5.07. The van der Waals surface area contributed by atoms with Gasteiger partial charge in [-0.1, -0.05) is 5.16 Å². The first-order valence-corrected chi connectivity index (χ1v) is 6.81. The van der Waals surface area contributed by atoms with E-state index in [4.69, 9.17) is 4.52 Å². The molecule has 1 aliphatic heterocycles. The van der Waals surface area contributed by atoms with Crippen LogP contribution in [0.4, 0.5) is 5.95 Å². The van der Waals surface area contributed by atoms with Gasteiger partial charge in [0.1, 0.15) is 12.2 Å². The number of nitrogens with zero attached hydrogens (tertiary/aromatic N) is 6. The number of anilines is 1. The standard InChI is InChI=1S/C14H14N6O/c1-10-2-3-15-11(8-10)13-17-12(21-18-13)9-20-7-6-19-5-4-16-14(19)20/h2-5,8H,6-7,9H2,1H3. The van der Waals surface area contributed by atoms with E-state index in [2.05, 4.69) is 29.6 Å². The predicted molar refractivity (Wildman–Crippen MR) is 75.5 cm³/mol. The number of imidazole rings is 1. The van der Waals surface area contributed by atoms with Crippen LogP contribution in [0.3, 0.4) is 0 Å². The molecule has 0 amide bonds. The largest absolute Gasteiger partial charge is 0.337 e. The molecule has 106 valence electrons. The molecule has 0 N–H and O–H groups in total. The zero-order valence-corrected chi connectivity index (χ0v) is 11.6. The quantitative estimate of drug-likeness (QED) is 0.727. The predicted octanol–water partition coefficient (Wildman–Crippen LogP) is 1.66. The Morgan fingerprint density at radius 1 is 1.24 bits per heavy atom. The Morgan fingerprint density at radius 3 is 3.10 bits per heavy atom. The summed E-state index contributed by atoms with van der Waals surface area (Å²) in [5.41, 5.74) is 1.85. The van der Waals surface area contributed by atoms with Gasteiger partial charge in [-0.3, -0.25) is 4.98 Å². The van der Waals surface area contributed by atoms with Crippen molar-refractivity contribution < 1.29 is 4.52 Å². The van der Waals surface area contributed by atoms with Crippen LogP contribution < -0.4 is 4.90 Å². The third kappa shape index (κ3) is 2.16. The van der Waals surface area contributed by atoms with Gasteiger partial charge in [-0.2, -0.15) is 4.98 Å². The maximum absolute atomic E-state index is 5.33. The Kier molecular flexibility index (Phi) is 2.70. The summed E-state index contributed by atoms with van der Waals surface area (Å²) in [6.07, 6.45) is 5.53. The SMILES string of the molecule is Cc1ccnc(-c2noc(CN3CCn4ccnc43)n2)c1. The van der Waals surface area contributed by atoms with Crippen molar-refractivity contribution in [3.8, 4) is 11.5 Å². The minimum atomic E-state index is 0.524. The fourth-order valence-corrected chi connectivity index (χ4v) is 2.48. The molecule has 4 heterocycles. The van der Waals surface area contributed by atoms with Crippen LogP contribution in [0, 0.1) is 6.92 Å². The highest BCUT2D eigenvalue weighted by Gasteiger charge is 2.22. The van der Waals surface area contributed by atoms with Gasteiger partial charge in [-0.05, 0) is 24.6 Å². The molecule has 0 saturated carbocycles. The van der Waals surface area contributed by atoms with Crippen LogP contribution in [-0.4, -0.2) is 31.2 Å². The zero-order valence-electron chi connectivity index (χ0n) is 11.6. The molecule has 0 bridgehead atoms. The number of hydrogen-bond donors (Lipinski definition) is 0. The summed E-state index contributed by atoms with van der Waals surface area (Å²) in [4.78, 5) is 15.2. The molecular formula is C14H14N6O. The highest BCUT2D eigenvalue weighted by Crippen LogP contribution is 2.21. The van der Waals surface area contributed by atoms with Crippen LogP contribution in [0.25, 0.3) is 11.5 Å². The van der Waals surface area contributed by atoms with E-state index in [9.17, 15) is 0 Å². The van der Waals surface area contributed by atoms with E-state index in [0.717, 1.165) is 30.3 Å². The van der Waals surface area contributed by atoms with Crippen LogP contribution in [0.15, 0.2) is 35.2 Å². The Balaban J connectivity index is 1.56. The number of aryl methyl sites for hydroxylation is 1. The van der Waals surface area contributed by atoms with Crippen LogP contribution >= 0.6 is 0 Å². The molecule has 3 aromatic rings. The molecule has 7 nitrogen and oxygen atoms in total. The normalized spacial score (nSPS) is 13.7. The van der Waals surface area contributed by atoms with Gasteiger partial charge in [-0.25, -0.2) is 4.98 Å². The maximum atomic E-state index is 5.33. The summed E-state index contributed by atoms with van der Waals surface area (Å²) in [7, 11) is 0. The summed E-state index contributed by atoms with van der Waals surface area (Å²) in [6.45, 7) is 4.42. The molecule has 7 heteroatoms. The molecular weight excluding hydrogens is 268 g/mol. The number of pyridine rings is 1. The van der Waals surface area contributed by atoms with Crippen molar-refractivity contribution in [2.75, 3.05) is 11.4 Å². The molecule has 0 atom stereocenters. The second kappa shape index (κ2) is 4.69. The topological polar surface area (TPSA) is 72.9 Å². The lowest BCUT2D eigenvalue weighted by Gasteiger charge is -2.12. The number of fused-ring (bicyclic) bond motifs is 1. The first-order chi connectivity index (χ1) is 10.3. The van der Waals surface area contributed by atoms with Gasteiger partial charge >= 0.3 is 0 Å². The molecule has 21 heavy (non-hydrogen) atoms. The maximum Gasteiger partial charge on any atom is 0.246 e. The van der Waals surface area contributed by atoms with Gasteiger partial charge in [0.25, 0.3) is 0 Å². The van der Waals surface area contributed by atoms with Crippen LogP contribution in [0.2, 0.25) is 0 Å². The Hall–Kier alpha value is -2.70. The lowest BCUT2D eigenvalue weighted by atomic mass is 10.2. The first kappa shape index (κ1) is 12.1. The third-order valence-electron chi connectivity index (χ3n) is 3.53. The summed E-state index contributed by atoms with van der Waals surface area (Å²) in [5, 5.41) is 4.01. The van der Waals surface area contributed by atoms with E-state index in [-0.39, 0.29) is 0 Å². The van der Waals surface area contributed by atoms with Crippen molar-refractivity contribution in [1.82, 2.24) is 24.7 Å². The van der Waals surface area contributed by atoms with Gasteiger partial charge < -0.3 is 14.0 Å². The van der Waals surface area contributed by atoms with E-state index < -0.39 is 0 Å². The molecule has 4 rings (SSSR count). The average Bonchev–Trinajstić information content (AvgIpc) is 3.18. The fraction of sp³-hybridized carbons (Fsp3) is 0.286. The van der Waals surface area contributed by atoms with E-state index in [1.165, 1.54) is 0 Å².